The summed E-state index contributed by atoms with van der Waals surface area (Å²) in [5.74, 6) is -0.395. The van der Waals surface area contributed by atoms with Crippen LogP contribution in [0.4, 0.5) is 0 Å². The fourth-order valence-corrected chi connectivity index (χ4v) is 0.824. The molecule has 3 heteroatoms. The summed E-state index contributed by atoms with van der Waals surface area (Å²) in [6.45, 7) is 3.95. The SMILES string of the molecule is C=CC1C=C(C(=O)C=O)OC1. The number of hydrogen-bond acceptors (Lipinski definition) is 3. The largest absolute Gasteiger partial charge is 0.489 e. The van der Waals surface area contributed by atoms with Crippen LogP contribution >= 0.6 is 0 Å². The van der Waals surface area contributed by atoms with Crippen LogP contribution in [0, 0.1) is 5.92 Å². The third-order valence-corrected chi connectivity index (χ3v) is 1.45. The van der Waals surface area contributed by atoms with Gasteiger partial charge in [-0.1, -0.05) is 6.08 Å². The molecule has 0 saturated carbocycles. The van der Waals surface area contributed by atoms with Gasteiger partial charge in [0.2, 0.25) is 0 Å². The predicted molar refractivity (Wildman–Crippen MR) is 38.8 cm³/mol. The van der Waals surface area contributed by atoms with E-state index in [2.05, 4.69) is 6.58 Å². The smallest absolute Gasteiger partial charge is 0.259 e. The van der Waals surface area contributed by atoms with Gasteiger partial charge in [-0.05, 0) is 6.08 Å². The lowest BCUT2D eigenvalue weighted by Crippen LogP contribution is -2.03. The standard InChI is InChI=1S/C8H8O3/c1-2-6-3-8(11-5-6)7(10)4-9/h2-4,6H,1,5H2. The number of hydrogen-bond donors (Lipinski definition) is 0. The van der Waals surface area contributed by atoms with Gasteiger partial charge >= 0.3 is 0 Å². The predicted octanol–water partition coefficient (Wildman–Crippen LogP) is 0.471. The van der Waals surface area contributed by atoms with Gasteiger partial charge < -0.3 is 4.74 Å². The van der Waals surface area contributed by atoms with E-state index in [0.717, 1.165) is 0 Å². The van der Waals surface area contributed by atoms with E-state index in [-0.39, 0.29) is 18.0 Å². The molecular formula is C8H8O3. The van der Waals surface area contributed by atoms with E-state index in [1.807, 2.05) is 0 Å². The Bertz CT molecular complexity index is 227. The average molecular weight is 152 g/mol. The highest BCUT2D eigenvalue weighted by atomic mass is 16.5. The molecule has 0 fully saturated rings. The molecule has 1 unspecified atom stereocenters. The lowest BCUT2D eigenvalue weighted by atomic mass is 10.1. The van der Waals surface area contributed by atoms with E-state index in [0.29, 0.717) is 6.61 Å². The Morgan fingerprint density at radius 3 is 3.00 bits per heavy atom. The minimum absolute atomic E-state index is 0.0638. The molecule has 1 aliphatic rings. The first-order valence-corrected chi connectivity index (χ1v) is 3.24. The zero-order valence-corrected chi connectivity index (χ0v) is 5.95. The normalized spacial score (nSPS) is 21.8. The first-order valence-electron chi connectivity index (χ1n) is 3.24. The van der Waals surface area contributed by atoms with E-state index < -0.39 is 5.78 Å². The molecule has 1 atom stereocenters. The van der Waals surface area contributed by atoms with Crippen molar-refractivity contribution in [2.45, 2.75) is 0 Å². The van der Waals surface area contributed by atoms with Crippen LogP contribution in [-0.2, 0) is 14.3 Å². The Hall–Kier alpha value is -1.38. The van der Waals surface area contributed by atoms with Crippen LogP contribution < -0.4 is 0 Å². The van der Waals surface area contributed by atoms with Crippen LogP contribution in [-0.4, -0.2) is 18.7 Å². The number of aldehydes is 1. The fourth-order valence-electron chi connectivity index (χ4n) is 0.824. The van der Waals surface area contributed by atoms with Crippen LogP contribution in [0.25, 0.3) is 0 Å². The molecule has 0 aliphatic carbocycles. The molecule has 1 rings (SSSR count). The minimum atomic E-state index is -0.602. The zero-order chi connectivity index (χ0) is 8.27. The number of ketones is 1. The number of Topliss-reactive ketones (excluding diaryl/α,β-unsaturated/α-hetero) is 1. The number of allylic oxidation sites excluding steroid dienone is 1. The van der Waals surface area contributed by atoms with Crippen LogP contribution in [0.3, 0.4) is 0 Å². The maximum absolute atomic E-state index is 10.7. The van der Waals surface area contributed by atoms with Crippen LogP contribution in [0.1, 0.15) is 0 Å². The van der Waals surface area contributed by atoms with Gasteiger partial charge in [0.1, 0.15) is 0 Å². The zero-order valence-electron chi connectivity index (χ0n) is 5.95. The molecule has 11 heavy (non-hydrogen) atoms. The maximum atomic E-state index is 10.7. The molecule has 0 aromatic heterocycles. The summed E-state index contributed by atoms with van der Waals surface area (Å²) in [5.41, 5.74) is 0. The summed E-state index contributed by atoms with van der Waals surface area (Å²) >= 11 is 0. The van der Waals surface area contributed by atoms with Crippen molar-refractivity contribution in [2.24, 2.45) is 5.92 Å². The van der Waals surface area contributed by atoms with Gasteiger partial charge in [0.05, 0.1) is 6.61 Å². The highest BCUT2D eigenvalue weighted by Crippen LogP contribution is 2.16. The quantitative estimate of drug-likeness (QED) is 0.335. The Morgan fingerprint density at radius 1 is 1.82 bits per heavy atom. The molecule has 1 heterocycles. The van der Waals surface area contributed by atoms with Crippen molar-refractivity contribution in [3.8, 4) is 0 Å². The molecular weight excluding hydrogens is 144 g/mol. The van der Waals surface area contributed by atoms with Crippen molar-refractivity contribution in [3.05, 3.63) is 24.5 Å². The van der Waals surface area contributed by atoms with E-state index in [1.165, 1.54) is 0 Å². The molecule has 0 aromatic carbocycles. The number of ether oxygens (including phenoxy) is 1. The molecule has 0 aromatic rings. The first-order chi connectivity index (χ1) is 5.27. The molecule has 0 amide bonds. The van der Waals surface area contributed by atoms with E-state index in [4.69, 9.17) is 4.74 Å². The van der Waals surface area contributed by atoms with Gasteiger partial charge in [0.25, 0.3) is 5.78 Å². The van der Waals surface area contributed by atoms with Crippen LogP contribution in [0.5, 0.6) is 0 Å². The van der Waals surface area contributed by atoms with E-state index in [1.54, 1.807) is 12.2 Å². The molecule has 0 spiro atoms. The van der Waals surface area contributed by atoms with E-state index in [9.17, 15) is 9.59 Å². The maximum Gasteiger partial charge on any atom is 0.259 e. The summed E-state index contributed by atoms with van der Waals surface area (Å²) in [7, 11) is 0. The molecule has 58 valence electrons. The number of carbonyl (C=O) groups excluding carboxylic acids is 2. The molecule has 0 saturated heterocycles. The van der Waals surface area contributed by atoms with Gasteiger partial charge in [0, 0.05) is 5.92 Å². The Balaban J connectivity index is 2.68. The van der Waals surface area contributed by atoms with Crippen molar-refractivity contribution >= 4 is 12.1 Å². The average Bonchev–Trinajstić information content (AvgIpc) is 2.50. The van der Waals surface area contributed by atoms with Crippen molar-refractivity contribution < 1.29 is 14.3 Å². The summed E-state index contributed by atoms with van der Waals surface area (Å²) < 4.78 is 4.92. The first kappa shape index (κ1) is 7.72. The summed E-state index contributed by atoms with van der Waals surface area (Å²) in [6.07, 6.45) is 3.52. The monoisotopic (exact) mass is 152 g/mol. The summed E-state index contributed by atoms with van der Waals surface area (Å²) in [5, 5.41) is 0. The second-order valence-electron chi connectivity index (χ2n) is 2.22. The van der Waals surface area contributed by atoms with Gasteiger partial charge in [-0.3, -0.25) is 9.59 Å². The number of rotatable bonds is 3. The van der Waals surface area contributed by atoms with Crippen molar-refractivity contribution in [1.29, 1.82) is 0 Å². The van der Waals surface area contributed by atoms with E-state index >= 15 is 0 Å². The Labute approximate surface area is 64.3 Å². The minimum Gasteiger partial charge on any atom is -0.489 e. The summed E-state index contributed by atoms with van der Waals surface area (Å²) in [4.78, 5) is 20.7. The van der Waals surface area contributed by atoms with Crippen LogP contribution in [0.2, 0.25) is 0 Å². The third-order valence-electron chi connectivity index (χ3n) is 1.45. The Morgan fingerprint density at radius 2 is 2.55 bits per heavy atom. The molecule has 0 radical (unpaired) electrons. The second-order valence-corrected chi connectivity index (χ2v) is 2.22. The van der Waals surface area contributed by atoms with Crippen molar-refractivity contribution in [2.75, 3.05) is 6.61 Å². The summed E-state index contributed by atoms with van der Waals surface area (Å²) in [6, 6.07) is 0. The van der Waals surface area contributed by atoms with Gasteiger partial charge in [-0.25, -0.2) is 0 Å². The van der Waals surface area contributed by atoms with Crippen molar-refractivity contribution in [1.82, 2.24) is 0 Å². The molecule has 3 nitrogen and oxygen atoms in total. The number of carbonyl (C=O) groups is 2. The molecule has 0 bridgehead atoms. The lowest BCUT2D eigenvalue weighted by molar-refractivity contribution is -0.129. The lowest BCUT2D eigenvalue weighted by Gasteiger charge is -1.96. The highest BCUT2D eigenvalue weighted by molar-refractivity contribution is 6.32. The highest BCUT2D eigenvalue weighted by Gasteiger charge is 2.19. The van der Waals surface area contributed by atoms with Gasteiger partial charge in [-0.2, -0.15) is 0 Å². The fraction of sp³-hybridized carbons (Fsp3) is 0.250. The topological polar surface area (TPSA) is 43.4 Å². The molecule has 0 N–H and O–H groups in total. The van der Waals surface area contributed by atoms with Gasteiger partial charge in [-0.15, -0.1) is 6.58 Å². The van der Waals surface area contributed by atoms with Crippen molar-refractivity contribution in [3.63, 3.8) is 0 Å². The second kappa shape index (κ2) is 3.14. The van der Waals surface area contributed by atoms with Crippen LogP contribution in [0.15, 0.2) is 24.5 Å². The Kier molecular flexibility index (Phi) is 2.21. The molecule has 1 aliphatic heterocycles. The van der Waals surface area contributed by atoms with Gasteiger partial charge in [0.15, 0.2) is 12.0 Å². The third kappa shape index (κ3) is 1.55.